The lowest BCUT2D eigenvalue weighted by Crippen LogP contribution is -2.38. The van der Waals surface area contributed by atoms with Crippen LogP contribution in [0.3, 0.4) is 0 Å². The third-order valence-corrected chi connectivity index (χ3v) is 0.901. The van der Waals surface area contributed by atoms with Gasteiger partial charge in [0.05, 0.1) is 6.20 Å². The van der Waals surface area contributed by atoms with E-state index < -0.39 is 5.03 Å². The minimum atomic E-state index is -0.640. The van der Waals surface area contributed by atoms with Gasteiger partial charge in [0.2, 0.25) is 0 Å². The van der Waals surface area contributed by atoms with Crippen molar-refractivity contribution in [2.24, 2.45) is 0 Å². The zero-order valence-corrected chi connectivity index (χ0v) is 4.95. The molecule has 50 valence electrons. The number of hydrogen-bond acceptors (Lipinski definition) is 4. The third-order valence-electron chi connectivity index (χ3n) is 0.713. The second-order valence-corrected chi connectivity index (χ2v) is 1.66. The minimum Gasteiger partial charge on any atom is -0.233 e. The first kappa shape index (κ1) is 6.12. The van der Waals surface area contributed by atoms with Crippen LogP contribution in [0.2, 0.25) is 0 Å². The first-order valence-corrected chi connectivity index (χ1v) is 2.37. The maximum Gasteiger partial charge on any atom is 0.182 e. The van der Waals surface area contributed by atoms with Crippen molar-refractivity contribution in [1.82, 2.24) is 15.2 Å². The summed E-state index contributed by atoms with van der Waals surface area (Å²) in [6, 6.07) is 0. The fraction of sp³-hybridized carbons (Fsp3) is 0. The van der Waals surface area contributed by atoms with Gasteiger partial charge in [-0.3, -0.25) is 0 Å². The summed E-state index contributed by atoms with van der Waals surface area (Å²) in [6.45, 7) is 0. The van der Waals surface area contributed by atoms with Gasteiger partial charge in [0.25, 0.3) is 0 Å². The number of nitrogens with zero attached hydrogens (tertiary/aromatic N) is 3. The largest absolute Gasteiger partial charge is 0.233 e. The summed E-state index contributed by atoms with van der Waals surface area (Å²) in [5.74, 6) is 0. The standard InChI is InChI=1S/C2H3ClN4O2/c3-5-1-2-6(4-5)7(8)9/h1-2,4H. The van der Waals surface area contributed by atoms with E-state index in [0.717, 1.165) is 4.53 Å². The lowest BCUT2D eigenvalue weighted by Gasteiger charge is -2.05. The second-order valence-electron chi connectivity index (χ2n) is 1.29. The molecule has 0 aliphatic carbocycles. The van der Waals surface area contributed by atoms with Crippen molar-refractivity contribution in [3.05, 3.63) is 22.5 Å². The number of rotatable bonds is 1. The zero-order chi connectivity index (χ0) is 6.85. The van der Waals surface area contributed by atoms with Crippen LogP contribution in [0, 0.1) is 10.1 Å². The summed E-state index contributed by atoms with van der Waals surface area (Å²) in [5, 5.41) is 9.87. The molecule has 0 saturated heterocycles. The Morgan fingerprint density at radius 2 is 2.33 bits per heavy atom. The van der Waals surface area contributed by atoms with Gasteiger partial charge < -0.3 is 0 Å². The number of nitrogens with one attached hydrogen (secondary N) is 1. The van der Waals surface area contributed by atoms with E-state index in [2.05, 4.69) is 5.53 Å². The van der Waals surface area contributed by atoms with E-state index in [1.165, 1.54) is 12.4 Å². The van der Waals surface area contributed by atoms with Crippen molar-refractivity contribution in [3.8, 4) is 0 Å². The van der Waals surface area contributed by atoms with Gasteiger partial charge in [-0.15, -0.1) is 0 Å². The van der Waals surface area contributed by atoms with Crippen molar-refractivity contribution in [1.29, 1.82) is 0 Å². The van der Waals surface area contributed by atoms with E-state index in [0.29, 0.717) is 5.12 Å². The molecule has 0 spiro atoms. The molecule has 0 unspecified atom stereocenters. The maximum absolute atomic E-state index is 9.88. The maximum atomic E-state index is 9.88. The Kier molecular flexibility index (Phi) is 1.41. The Morgan fingerprint density at radius 3 is 2.56 bits per heavy atom. The van der Waals surface area contributed by atoms with Crippen LogP contribution in [-0.2, 0) is 0 Å². The molecule has 6 nitrogen and oxygen atoms in total. The van der Waals surface area contributed by atoms with Crippen LogP contribution in [0.5, 0.6) is 0 Å². The van der Waals surface area contributed by atoms with Crippen molar-refractivity contribution in [2.45, 2.75) is 0 Å². The van der Waals surface area contributed by atoms with Crippen molar-refractivity contribution >= 4 is 11.8 Å². The summed E-state index contributed by atoms with van der Waals surface area (Å²) in [5.41, 5.74) is 2.18. The molecule has 1 heterocycles. The Hall–Kier alpha value is -1.01. The summed E-state index contributed by atoms with van der Waals surface area (Å²) >= 11 is 5.24. The van der Waals surface area contributed by atoms with Crippen LogP contribution in [0.4, 0.5) is 0 Å². The first-order valence-electron chi connectivity index (χ1n) is 2.03. The highest BCUT2D eigenvalue weighted by Gasteiger charge is 2.17. The highest BCUT2D eigenvalue weighted by molar-refractivity contribution is 6.13. The third kappa shape index (κ3) is 1.21. The van der Waals surface area contributed by atoms with E-state index in [9.17, 15) is 10.1 Å². The number of hydrogen-bond donors (Lipinski definition) is 1. The van der Waals surface area contributed by atoms with E-state index in [1.807, 2.05) is 0 Å². The molecule has 0 radical (unpaired) electrons. The van der Waals surface area contributed by atoms with Crippen molar-refractivity contribution in [3.63, 3.8) is 0 Å². The van der Waals surface area contributed by atoms with Crippen LogP contribution >= 0.6 is 11.8 Å². The molecule has 1 N–H and O–H groups in total. The molecule has 1 aliphatic rings. The Balaban J connectivity index is 2.50. The van der Waals surface area contributed by atoms with Gasteiger partial charge in [0, 0.05) is 11.8 Å². The monoisotopic (exact) mass is 150 g/mol. The van der Waals surface area contributed by atoms with Crippen LogP contribution in [0.1, 0.15) is 0 Å². The number of nitro groups is 1. The molecule has 0 saturated carbocycles. The lowest BCUT2D eigenvalue weighted by molar-refractivity contribution is -0.656. The van der Waals surface area contributed by atoms with Gasteiger partial charge in [-0.2, -0.15) is 0 Å². The Labute approximate surface area is 55.5 Å². The van der Waals surface area contributed by atoms with Gasteiger partial charge in [-0.1, -0.05) is 5.53 Å². The smallest absolute Gasteiger partial charge is 0.182 e. The minimum absolute atomic E-state index is 0.632. The fourth-order valence-electron chi connectivity index (χ4n) is 0.377. The molecule has 1 aliphatic heterocycles. The van der Waals surface area contributed by atoms with Gasteiger partial charge in [-0.05, 0) is 5.12 Å². The fourth-order valence-corrected chi connectivity index (χ4v) is 0.505. The highest BCUT2D eigenvalue weighted by atomic mass is 35.5. The van der Waals surface area contributed by atoms with E-state index in [4.69, 9.17) is 11.8 Å². The van der Waals surface area contributed by atoms with Crippen LogP contribution in [0.25, 0.3) is 0 Å². The summed E-state index contributed by atoms with van der Waals surface area (Å²) in [6.07, 6.45) is 2.50. The SMILES string of the molecule is O=[N+]([O-])N1C=CN(Cl)N1. The average Bonchev–Trinajstić information content (AvgIpc) is 2.14. The van der Waals surface area contributed by atoms with Crippen LogP contribution in [-0.4, -0.2) is 14.7 Å². The second kappa shape index (κ2) is 2.08. The van der Waals surface area contributed by atoms with E-state index >= 15 is 0 Å². The molecule has 0 fully saturated rings. The molecule has 9 heavy (non-hydrogen) atoms. The molecule has 0 aromatic heterocycles. The molecule has 0 bridgehead atoms. The van der Waals surface area contributed by atoms with Gasteiger partial charge in [-0.25, -0.2) is 14.6 Å². The zero-order valence-electron chi connectivity index (χ0n) is 4.19. The molecular formula is C2H3ClN4O2. The summed E-state index contributed by atoms with van der Waals surface area (Å²) in [7, 11) is 0. The van der Waals surface area contributed by atoms with Crippen LogP contribution in [0.15, 0.2) is 12.4 Å². The van der Waals surface area contributed by atoms with E-state index in [1.54, 1.807) is 0 Å². The predicted octanol–water partition coefficient (Wildman–Crippen LogP) is -0.160. The lowest BCUT2D eigenvalue weighted by atomic mass is 11.0. The summed E-state index contributed by atoms with van der Waals surface area (Å²) < 4.78 is 0.947. The topological polar surface area (TPSA) is 61.7 Å². The Morgan fingerprint density at radius 1 is 1.67 bits per heavy atom. The van der Waals surface area contributed by atoms with Gasteiger partial charge in [0.15, 0.2) is 5.03 Å². The van der Waals surface area contributed by atoms with Gasteiger partial charge in [0.1, 0.15) is 6.20 Å². The normalized spacial score (nSPS) is 17.0. The van der Waals surface area contributed by atoms with Crippen molar-refractivity contribution < 1.29 is 5.03 Å². The van der Waals surface area contributed by atoms with Gasteiger partial charge >= 0.3 is 0 Å². The highest BCUT2D eigenvalue weighted by Crippen LogP contribution is 2.00. The number of halogens is 1. The molecule has 0 amide bonds. The van der Waals surface area contributed by atoms with Crippen molar-refractivity contribution in [2.75, 3.05) is 0 Å². The Bertz CT molecular complexity index is 159. The first-order chi connectivity index (χ1) is 4.20. The quantitative estimate of drug-likeness (QED) is 0.320. The van der Waals surface area contributed by atoms with Crippen LogP contribution < -0.4 is 5.53 Å². The van der Waals surface area contributed by atoms with E-state index in [-0.39, 0.29) is 0 Å². The molecule has 1 rings (SSSR count). The predicted molar refractivity (Wildman–Crippen MR) is 28.8 cm³/mol. The molecule has 0 atom stereocenters. The summed E-state index contributed by atoms with van der Waals surface area (Å²) in [4.78, 5) is 9.88. The average molecular weight is 151 g/mol. The molecule has 0 aromatic carbocycles. The molecule has 7 heteroatoms. The molecular weight excluding hydrogens is 148 g/mol. The molecule has 0 aromatic rings. The number of hydrazine groups is 3.